The van der Waals surface area contributed by atoms with E-state index in [-0.39, 0.29) is 18.4 Å². The van der Waals surface area contributed by atoms with E-state index in [1.807, 2.05) is 25.3 Å². The maximum atomic E-state index is 12.2. The van der Waals surface area contributed by atoms with Gasteiger partial charge in [-0.05, 0) is 40.2 Å². The van der Waals surface area contributed by atoms with Gasteiger partial charge in [-0.15, -0.1) is 11.3 Å². The van der Waals surface area contributed by atoms with Gasteiger partial charge in [0.1, 0.15) is 5.54 Å². The first-order valence-corrected chi connectivity index (χ1v) is 8.03. The topological polar surface area (TPSA) is 49.4 Å². The molecule has 1 saturated heterocycles. The molecule has 1 aliphatic rings. The van der Waals surface area contributed by atoms with Crippen LogP contribution in [0.1, 0.15) is 31.6 Å². The monoisotopic (exact) mass is 344 g/mol. The molecule has 0 bridgehead atoms. The molecule has 0 spiro atoms. The molecule has 1 aromatic rings. The molecular formula is C13H17BrN2O2S. The van der Waals surface area contributed by atoms with Crippen LogP contribution in [0.25, 0.3) is 0 Å². The molecule has 0 radical (unpaired) electrons. The lowest BCUT2D eigenvalue weighted by Gasteiger charge is -2.44. The minimum atomic E-state index is -0.710. The summed E-state index contributed by atoms with van der Waals surface area (Å²) in [4.78, 5) is 27.3. The van der Waals surface area contributed by atoms with Gasteiger partial charge in [-0.25, -0.2) is 0 Å². The van der Waals surface area contributed by atoms with Gasteiger partial charge in [-0.2, -0.15) is 0 Å². The third-order valence-electron chi connectivity index (χ3n) is 3.80. The van der Waals surface area contributed by atoms with Crippen molar-refractivity contribution < 1.29 is 9.59 Å². The van der Waals surface area contributed by atoms with Crippen LogP contribution in [0.3, 0.4) is 0 Å². The molecule has 0 unspecified atom stereocenters. The van der Waals surface area contributed by atoms with E-state index in [1.165, 1.54) is 0 Å². The Kier molecular flexibility index (Phi) is 4.30. The SMILES string of the molecule is CCC1(CC)C(=O)NCC(=O)N1Cc1sccc1Br. The quantitative estimate of drug-likeness (QED) is 0.912. The Hall–Kier alpha value is -0.880. The first kappa shape index (κ1) is 14.5. The molecule has 1 aliphatic heterocycles. The lowest BCUT2D eigenvalue weighted by Crippen LogP contribution is -2.66. The van der Waals surface area contributed by atoms with Gasteiger partial charge in [-0.3, -0.25) is 9.59 Å². The predicted octanol–water partition coefficient (Wildman–Crippen LogP) is 2.53. The van der Waals surface area contributed by atoms with E-state index >= 15 is 0 Å². The summed E-state index contributed by atoms with van der Waals surface area (Å²) in [5.41, 5.74) is -0.710. The predicted molar refractivity (Wildman–Crippen MR) is 78.9 cm³/mol. The van der Waals surface area contributed by atoms with E-state index in [9.17, 15) is 9.59 Å². The Morgan fingerprint density at radius 1 is 1.42 bits per heavy atom. The first-order chi connectivity index (χ1) is 9.05. The van der Waals surface area contributed by atoms with Crippen LogP contribution in [0.4, 0.5) is 0 Å². The smallest absolute Gasteiger partial charge is 0.246 e. The molecule has 1 fully saturated rings. The molecule has 0 atom stereocenters. The second-order valence-corrected chi connectivity index (χ2v) is 6.45. The average Bonchev–Trinajstić information content (AvgIpc) is 2.81. The summed E-state index contributed by atoms with van der Waals surface area (Å²) in [7, 11) is 0. The Labute approximate surface area is 125 Å². The third kappa shape index (κ3) is 2.43. The largest absolute Gasteiger partial charge is 0.345 e. The second kappa shape index (κ2) is 5.63. The summed E-state index contributed by atoms with van der Waals surface area (Å²) in [6.07, 6.45) is 1.26. The van der Waals surface area contributed by atoms with Crippen molar-refractivity contribution in [3.63, 3.8) is 0 Å². The van der Waals surface area contributed by atoms with Crippen LogP contribution in [0.15, 0.2) is 15.9 Å². The van der Waals surface area contributed by atoms with Crippen molar-refractivity contribution in [1.82, 2.24) is 10.2 Å². The van der Waals surface area contributed by atoms with Gasteiger partial charge < -0.3 is 10.2 Å². The van der Waals surface area contributed by atoms with Gasteiger partial charge in [0, 0.05) is 9.35 Å². The number of halogens is 1. The molecule has 0 aromatic carbocycles. The van der Waals surface area contributed by atoms with Crippen LogP contribution in [0.2, 0.25) is 0 Å². The van der Waals surface area contributed by atoms with Crippen molar-refractivity contribution >= 4 is 39.1 Å². The molecule has 2 rings (SSSR count). The second-order valence-electron chi connectivity index (χ2n) is 4.59. The summed E-state index contributed by atoms with van der Waals surface area (Å²) in [5.74, 6) is -0.0478. The van der Waals surface area contributed by atoms with E-state index in [2.05, 4.69) is 21.2 Å². The van der Waals surface area contributed by atoms with Crippen LogP contribution in [-0.4, -0.2) is 28.8 Å². The van der Waals surface area contributed by atoms with Crippen LogP contribution < -0.4 is 5.32 Å². The highest BCUT2D eigenvalue weighted by Crippen LogP contribution is 2.32. The van der Waals surface area contributed by atoms with Gasteiger partial charge in [0.15, 0.2) is 0 Å². The lowest BCUT2D eigenvalue weighted by molar-refractivity contribution is -0.155. The fraction of sp³-hybridized carbons (Fsp3) is 0.538. The Balaban J connectivity index is 2.35. The molecule has 1 N–H and O–H groups in total. The van der Waals surface area contributed by atoms with Crippen LogP contribution in [0, 0.1) is 0 Å². The molecule has 19 heavy (non-hydrogen) atoms. The van der Waals surface area contributed by atoms with Crippen molar-refractivity contribution in [1.29, 1.82) is 0 Å². The number of nitrogens with zero attached hydrogens (tertiary/aromatic N) is 1. The van der Waals surface area contributed by atoms with E-state index in [0.29, 0.717) is 19.4 Å². The average molecular weight is 345 g/mol. The molecule has 6 heteroatoms. The highest BCUT2D eigenvalue weighted by atomic mass is 79.9. The number of hydrogen-bond acceptors (Lipinski definition) is 3. The third-order valence-corrected chi connectivity index (χ3v) is 5.71. The zero-order chi connectivity index (χ0) is 14.0. The van der Waals surface area contributed by atoms with E-state index in [1.54, 1.807) is 16.2 Å². The molecule has 0 aliphatic carbocycles. The molecule has 2 heterocycles. The molecule has 2 amide bonds. The minimum absolute atomic E-state index is 0.0106. The Bertz CT molecular complexity index is 497. The summed E-state index contributed by atoms with van der Waals surface area (Å²) in [5, 5.41) is 4.69. The van der Waals surface area contributed by atoms with Gasteiger partial charge in [0.05, 0.1) is 13.1 Å². The first-order valence-electron chi connectivity index (χ1n) is 6.35. The minimum Gasteiger partial charge on any atom is -0.345 e. The zero-order valence-corrected chi connectivity index (χ0v) is 13.4. The zero-order valence-electron chi connectivity index (χ0n) is 11.0. The summed E-state index contributed by atoms with van der Waals surface area (Å²) in [6, 6.07) is 1.97. The van der Waals surface area contributed by atoms with Crippen molar-refractivity contribution in [2.24, 2.45) is 0 Å². The summed E-state index contributed by atoms with van der Waals surface area (Å²) in [6.45, 7) is 4.51. The fourth-order valence-corrected chi connectivity index (χ4v) is 4.02. The van der Waals surface area contributed by atoms with Crippen LogP contribution >= 0.6 is 27.3 Å². The fourth-order valence-electron chi connectivity index (χ4n) is 2.55. The molecular weight excluding hydrogens is 328 g/mol. The lowest BCUT2D eigenvalue weighted by atomic mass is 9.87. The summed E-state index contributed by atoms with van der Waals surface area (Å²) >= 11 is 5.08. The van der Waals surface area contributed by atoms with E-state index in [0.717, 1.165) is 9.35 Å². The van der Waals surface area contributed by atoms with Crippen molar-refractivity contribution in [3.05, 3.63) is 20.8 Å². The van der Waals surface area contributed by atoms with Gasteiger partial charge in [0.25, 0.3) is 0 Å². The van der Waals surface area contributed by atoms with E-state index < -0.39 is 5.54 Å². The number of hydrogen-bond donors (Lipinski definition) is 1. The van der Waals surface area contributed by atoms with Gasteiger partial charge in [0.2, 0.25) is 11.8 Å². The molecule has 1 aromatic heterocycles. The van der Waals surface area contributed by atoms with Crippen molar-refractivity contribution in [2.45, 2.75) is 38.8 Å². The number of nitrogens with one attached hydrogen (secondary N) is 1. The molecule has 104 valence electrons. The number of rotatable bonds is 4. The van der Waals surface area contributed by atoms with Crippen molar-refractivity contribution in [2.75, 3.05) is 6.54 Å². The summed E-state index contributed by atoms with van der Waals surface area (Å²) < 4.78 is 0.998. The molecule has 0 saturated carbocycles. The Morgan fingerprint density at radius 3 is 2.63 bits per heavy atom. The van der Waals surface area contributed by atoms with Crippen LogP contribution in [-0.2, 0) is 16.1 Å². The number of amides is 2. The molecule has 4 nitrogen and oxygen atoms in total. The van der Waals surface area contributed by atoms with E-state index in [4.69, 9.17) is 0 Å². The standard InChI is InChI=1S/C13H17BrN2O2S/c1-3-13(4-2)12(18)15-7-11(17)16(13)8-10-9(14)5-6-19-10/h5-6H,3-4,7-8H2,1-2H3,(H,15,18). The van der Waals surface area contributed by atoms with Crippen molar-refractivity contribution in [3.8, 4) is 0 Å². The maximum Gasteiger partial charge on any atom is 0.246 e. The maximum absolute atomic E-state index is 12.2. The number of carbonyl (C=O) groups excluding carboxylic acids is 2. The number of thiophene rings is 1. The highest BCUT2D eigenvalue weighted by Gasteiger charge is 2.46. The normalized spacial score (nSPS) is 18.6. The van der Waals surface area contributed by atoms with Gasteiger partial charge in [-0.1, -0.05) is 13.8 Å². The van der Waals surface area contributed by atoms with Gasteiger partial charge >= 0.3 is 0 Å². The Morgan fingerprint density at radius 2 is 2.11 bits per heavy atom. The number of carbonyl (C=O) groups is 2. The van der Waals surface area contributed by atoms with Crippen LogP contribution in [0.5, 0.6) is 0 Å². The number of piperazine rings is 1. The highest BCUT2D eigenvalue weighted by molar-refractivity contribution is 9.10.